The van der Waals surface area contributed by atoms with Gasteiger partial charge in [-0.3, -0.25) is 9.59 Å². The number of aromatic amines is 1. The summed E-state index contributed by atoms with van der Waals surface area (Å²) in [7, 11) is 2.90. The molecule has 1 aromatic carbocycles. The number of H-pyrrole nitrogens is 1. The fraction of sp³-hybridized carbons (Fsp3) is 0.567. The van der Waals surface area contributed by atoms with Crippen LogP contribution < -0.4 is 15.6 Å². The van der Waals surface area contributed by atoms with Crippen LogP contribution in [0, 0.1) is 6.92 Å². The van der Waals surface area contributed by atoms with Crippen LogP contribution >= 0.6 is 0 Å². The van der Waals surface area contributed by atoms with Gasteiger partial charge >= 0.3 is 12.1 Å². The zero-order chi connectivity index (χ0) is 30.6. The maximum Gasteiger partial charge on any atom is 0.408 e. The average Bonchev–Trinajstić information content (AvgIpc) is 3.41. The summed E-state index contributed by atoms with van der Waals surface area (Å²) in [6.45, 7) is 11.2. The first-order valence-electron chi connectivity index (χ1n) is 13.9. The second-order valence-corrected chi connectivity index (χ2v) is 10.9. The molecule has 1 unspecified atom stereocenters. The van der Waals surface area contributed by atoms with E-state index < -0.39 is 29.7 Å². The Balaban J connectivity index is 0.000000348. The number of hydrogen-bond acceptors (Lipinski definition) is 8. The number of ether oxygens (including phenoxy) is 3. The van der Waals surface area contributed by atoms with Crippen LogP contribution in [0.1, 0.15) is 71.4 Å². The van der Waals surface area contributed by atoms with E-state index in [9.17, 15) is 19.2 Å². The number of carbonyl (C=O) groups excluding carboxylic acids is 3. The molecule has 2 aromatic rings. The lowest BCUT2D eigenvalue weighted by Crippen LogP contribution is -2.52. The monoisotopic (exact) mass is 572 g/mol. The van der Waals surface area contributed by atoms with E-state index in [0.29, 0.717) is 36.3 Å². The van der Waals surface area contributed by atoms with Crippen LogP contribution in [0.4, 0.5) is 4.79 Å². The Hall–Kier alpha value is -3.89. The van der Waals surface area contributed by atoms with Gasteiger partial charge < -0.3 is 29.4 Å². The first kappa shape index (κ1) is 33.3. The van der Waals surface area contributed by atoms with E-state index >= 15 is 0 Å². The number of rotatable bonds is 10. The van der Waals surface area contributed by atoms with Crippen LogP contribution in [0.5, 0.6) is 5.75 Å². The van der Waals surface area contributed by atoms with Crippen molar-refractivity contribution in [3.63, 3.8) is 0 Å². The van der Waals surface area contributed by atoms with E-state index in [1.54, 1.807) is 40.9 Å². The molecule has 0 aliphatic carbocycles. The van der Waals surface area contributed by atoms with Gasteiger partial charge in [-0.25, -0.2) is 14.6 Å². The molecule has 1 aliphatic rings. The number of carbonyl (C=O) groups is 3. The van der Waals surface area contributed by atoms with Crippen LogP contribution in [0.25, 0.3) is 11.0 Å². The molecule has 41 heavy (non-hydrogen) atoms. The van der Waals surface area contributed by atoms with E-state index in [2.05, 4.69) is 21.9 Å². The van der Waals surface area contributed by atoms with Crippen molar-refractivity contribution in [2.24, 2.45) is 0 Å². The van der Waals surface area contributed by atoms with Crippen molar-refractivity contribution in [1.29, 1.82) is 0 Å². The van der Waals surface area contributed by atoms with Gasteiger partial charge in [0.15, 0.2) is 0 Å². The fourth-order valence-electron chi connectivity index (χ4n) is 4.42. The van der Waals surface area contributed by atoms with E-state index in [1.807, 2.05) is 18.2 Å². The molecule has 0 spiro atoms. The highest BCUT2D eigenvalue weighted by molar-refractivity contribution is 5.90. The van der Waals surface area contributed by atoms with Crippen LogP contribution in [0.15, 0.2) is 35.6 Å². The number of benzene rings is 1. The Labute approximate surface area is 241 Å². The summed E-state index contributed by atoms with van der Waals surface area (Å²) >= 11 is 0. The number of likely N-dealkylation sites (tertiary alicyclic amines) is 1. The number of allylic oxidation sites excluding steroid dienone is 1. The van der Waals surface area contributed by atoms with E-state index in [0.717, 1.165) is 37.6 Å². The Morgan fingerprint density at radius 2 is 1.95 bits per heavy atom. The molecule has 1 fully saturated rings. The highest BCUT2D eigenvalue weighted by Gasteiger charge is 2.38. The molecule has 0 radical (unpaired) electrons. The zero-order valence-electron chi connectivity index (χ0n) is 25.1. The number of nitrogens with zero attached hydrogens (tertiary/aromatic N) is 2. The van der Waals surface area contributed by atoms with Crippen molar-refractivity contribution in [1.82, 2.24) is 20.2 Å². The summed E-state index contributed by atoms with van der Waals surface area (Å²) in [5, 5.41) is 2.69. The van der Waals surface area contributed by atoms with E-state index in [1.165, 1.54) is 12.0 Å². The Morgan fingerprint density at radius 1 is 1.22 bits per heavy atom. The van der Waals surface area contributed by atoms with Crippen molar-refractivity contribution in [2.75, 3.05) is 20.8 Å². The van der Waals surface area contributed by atoms with Crippen LogP contribution in [0.3, 0.4) is 0 Å². The topological polar surface area (TPSA) is 140 Å². The Bertz CT molecular complexity index is 1250. The van der Waals surface area contributed by atoms with Gasteiger partial charge in [0.25, 0.3) is 5.56 Å². The van der Waals surface area contributed by atoms with Crippen molar-refractivity contribution in [2.45, 2.75) is 90.3 Å². The van der Waals surface area contributed by atoms with Crippen molar-refractivity contribution >= 4 is 29.0 Å². The molecule has 1 aromatic heterocycles. The third kappa shape index (κ3) is 10.5. The Morgan fingerprint density at radius 3 is 2.59 bits per heavy atom. The van der Waals surface area contributed by atoms with Gasteiger partial charge in [0.1, 0.15) is 29.1 Å². The molecule has 11 heteroatoms. The van der Waals surface area contributed by atoms with Gasteiger partial charge in [0.05, 0.1) is 25.3 Å². The maximum absolute atomic E-state index is 13.0. The van der Waals surface area contributed by atoms with Gasteiger partial charge in [0.2, 0.25) is 5.91 Å². The normalized spacial score (nSPS) is 15.4. The lowest BCUT2D eigenvalue weighted by Gasteiger charge is -2.29. The van der Waals surface area contributed by atoms with Gasteiger partial charge in [-0.05, 0) is 71.9 Å². The molecule has 2 heterocycles. The standard InChI is InChI=1S/C20H34N2O5.C10H10N2O2/c1-6-7-8-9-10-12-15(21-19(25)27-20(2,3)4)17(23)22-14-11-13-16(22)18(24)26-5;1-6-10(13)12-9-5-7(14-2)3-4-8(9)11-6/h6,15-16H,1,7-14H2,2-5H3,(H,21,25);3-5H,1-2H3,(H,12,13)/t15-,16?;/m0./s1. The second kappa shape index (κ2) is 15.8. The molecule has 1 saturated heterocycles. The molecule has 226 valence electrons. The first-order valence-corrected chi connectivity index (χ1v) is 13.9. The van der Waals surface area contributed by atoms with E-state index in [-0.39, 0.29) is 11.5 Å². The molecular weight excluding hydrogens is 528 g/mol. The first-order chi connectivity index (χ1) is 19.4. The number of hydrogen-bond donors (Lipinski definition) is 2. The van der Waals surface area contributed by atoms with Gasteiger partial charge in [0, 0.05) is 12.6 Å². The number of methoxy groups -OCH3 is 2. The Kier molecular flexibility index (Phi) is 12.8. The van der Waals surface area contributed by atoms with Gasteiger partial charge in [-0.15, -0.1) is 6.58 Å². The van der Waals surface area contributed by atoms with Crippen molar-refractivity contribution in [3.8, 4) is 5.75 Å². The minimum absolute atomic E-state index is 0.161. The number of aryl methyl sites for hydroxylation is 1. The van der Waals surface area contributed by atoms with Crippen LogP contribution in [-0.4, -0.2) is 71.3 Å². The lowest BCUT2D eigenvalue weighted by atomic mass is 10.1. The summed E-state index contributed by atoms with van der Waals surface area (Å²) in [6, 6.07) is 4.09. The highest BCUT2D eigenvalue weighted by atomic mass is 16.6. The summed E-state index contributed by atoms with van der Waals surface area (Å²) in [6.07, 6.45) is 6.71. The third-order valence-electron chi connectivity index (χ3n) is 6.47. The highest BCUT2D eigenvalue weighted by Crippen LogP contribution is 2.21. The smallest absolute Gasteiger partial charge is 0.408 e. The molecule has 2 atom stereocenters. The van der Waals surface area contributed by atoms with E-state index in [4.69, 9.17) is 14.2 Å². The number of esters is 1. The zero-order valence-corrected chi connectivity index (χ0v) is 25.1. The quantitative estimate of drug-likeness (QED) is 0.242. The second-order valence-electron chi connectivity index (χ2n) is 10.9. The van der Waals surface area contributed by atoms with Gasteiger partial charge in [-0.2, -0.15) is 0 Å². The molecule has 0 bridgehead atoms. The van der Waals surface area contributed by atoms with Gasteiger partial charge in [-0.1, -0.05) is 18.9 Å². The largest absolute Gasteiger partial charge is 0.497 e. The third-order valence-corrected chi connectivity index (χ3v) is 6.47. The minimum Gasteiger partial charge on any atom is -0.497 e. The predicted octanol–water partition coefficient (Wildman–Crippen LogP) is 4.42. The summed E-state index contributed by atoms with van der Waals surface area (Å²) < 4.78 is 15.2. The minimum atomic E-state index is -0.714. The molecule has 1 aliphatic heterocycles. The van der Waals surface area contributed by atoms with Crippen LogP contribution in [0.2, 0.25) is 0 Å². The lowest BCUT2D eigenvalue weighted by molar-refractivity contribution is -0.151. The molecule has 3 rings (SSSR count). The molecular formula is C30H44N4O7. The number of unbranched alkanes of at least 4 members (excludes halogenated alkanes) is 3. The SMILES string of the molecule is C=CCCCCC[C@H](NC(=O)OC(C)(C)C)C(=O)N1CCCC1C(=O)OC.COc1ccc2nc(C)c(=O)[nH]c2c1. The molecule has 11 nitrogen and oxygen atoms in total. The van der Waals surface area contributed by atoms with Crippen molar-refractivity contribution < 1.29 is 28.6 Å². The number of nitrogens with one attached hydrogen (secondary N) is 2. The molecule has 2 amide bonds. The summed E-state index contributed by atoms with van der Waals surface area (Å²) in [5.74, 6) is 0.0409. The van der Waals surface area contributed by atoms with Crippen molar-refractivity contribution in [3.05, 3.63) is 46.9 Å². The van der Waals surface area contributed by atoms with Crippen LogP contribution in [-0.2, 0) is 19.1 Å². The number of aromatic nitrogens is 2. The summed E-state index contributed by atoms with van der Waals surface area (Å²) in [4.78, 5) is 56.9. The predicted molar refractivity (Wildman–Crippen MR) is 157 cm³/mol. The summed E-state index contributed by atoms with van der Waals surface area (Å²) in [5.41, 5.74) is 1.13. The molecule has 2 N–H and O–H groups in total. The average molecular weight is 573 g/mol. The number of alkyl carbamates (subject to hydrolysis) is 1. The number of fused-ring (bicyclic) bond motifs is 1. The number of amides is 2. The molecule has 0 saturated carbocycles. The maximum atomic E-state index is 13.0. The fourth-order valence-corrected chi connectivity index (χ4v) is 4.42.